The summed E-state index contributed by atoms with van der Waals surface area (Å²) >= 11 is 0. The van der Waals surface area contributed by atoms with Gasteiger partial charge in [0.05, 0.1) is 11.4 Å². The monoisotopic (exact) mass is 260 g/mol. The van der Waals surface area contributed by atoms with Gasteiger partial charge in [0.2, 0.25) is 0 Å². The highest BCUT2D eigenvalue weighted by Gasteiger charge is 2.22. The summed E-state index contributed by atoms with van der Waals surface area (Å²) in [5.41, 5.74) is 2.24. The highest BCUT2D eigenvalue weighted by atomic mass is 16.5. The van der Waals surface area contributed by atoms with Crippen molar-refractivity contribution in [2.24, 2.45) is 0 Å². The number of aromatic nitrogens is 3. The van der Waals surface area contributed by atoms with E-state index in [-0.39, 0.29) is 5.56 Å². The minimum Gasteiger partial charge on any atom is -0.356 e. The Morgan fingerprint density at radius 2 is 2.11 bits per heavy atom. The number of aromatic amines is 1. The molecule has 0 bridgehead atoms. The van der Waals surface area contributed by atoms with Crippen LogP contribution in [0.2, 0.25) is 0 Å². The molecule has 2 aromatic heterocycles. The normalized spacial score (nSPS) is 16.7. The molecule has 0 unspecified atom stereocenters. The van der Waals surface area contributed by atoms with E-state index in [4.69, 9.17) is 4.52 Å². The molecule has 0 amide bonds. The molecule has 1 fully saturated rings. The summed E-state index contributed by atoms with van der Waals surface area (Å²) in [5.74, 6) is 0.961. The van der Waals surface area contributed by atoms with Crippen molar-refractivity contribution in [1.29, 1.82) is 0 Å². The average molecular weight is 260 g/mol. The molecule has 2 aromatic rings. The van der Waals surface area contributed by atoms with Crippen molar-refractivity contribution in [3.63, 3.8) is 0 Å². The quantitative estimate of drug-likeness (QED) is 0.847. The highest BCUT2D eigenvalue weighted by molar-refractivity contribution is 5.60. The molecule has 19 heavy (non-hydrogen) atoms. The molecule has 0 saturated carbocycles. The molecule has 1 saturated heterocycles. The molecule has 0 atom stereocenters. The van der Waals surface area contributed by atoms with E-state index in [0.29, 0.717) is 11.7 Å². The second-order valence-electron chi connectivity index (χ2n) is 4.89. The first-order valence-electron chi connectivity index (χ1n) is 6.48. The summed E-state index contributed by atoms with van der Waals surface area (Å²) in [6.45, 7) is 3.80. The molecule has 3 heterocycles. The van der Waals surface area contributed by atoms with Crippen molar-refractivity contribution in [2.75, 3.05) is 13.1 Å². The summed E-state index contributed by atoms with van der Waals surface area (Å²) in [4.78, 5) is 11.5. The Labute approximate surface area is 110 Å². The topological polar surface area (TPSA) is 83.8 Å². The van der Waals surface area contributed by atoms with Crippen molar-refractivity contribution < 1.29 is 4.52 Å². The Balaban J connectivity index is 2.06. The fourth-order valence-electron chi connectivity index (χ4n) is 2.51. The number of nitrogens with one attached hydrogen (secondary N) is 2. The number of hydrogen-bond acceptors (Lipinski definition) is 5. The summed E-state index contributed by atoms with van der Waals surface area (Å²) in [5, 5.41) is 14.0. The van der Waals surface area contributed by atoms with E-state index in [0.717, 1.165) is 42.9 Å². The van der Waals surface area contributed by atoms with Gasteiger partial charge < -0.3 is 9.84 Å². The molecule has 0 aromatic carbocycles. The minimum absolute atomic E-state index is 0.221. The molecule has 1 aliphatic rings. The van der Waals surface area contributed by atoms with Crippen LogP contribution in [0.4, 0.5) is 0 Å². The van der Waals surface area contributed by atoms with Crippen LogP contribution in [0.15, 0.2) is 21.5 Å². The van der Waals surface area contributed by atoms with Gasteiger partial charge in [0, 0.05) is 23.6 Å². The molecular formula is C13H16N4O2. The predicted molar refractivity (Wildman–Crippen MR) is 69.9 cm³/mol. The molecular weight excluding hydrogens is 244 g/mol. The first-order valence-corrected chi connectivity index (χ1v) is 6.48. The lowest BCUT2D eigenvalue weighted by atomic mass is 9.91. The molecule has 100 valence electrons. The number of rotatable bonds is 2. The maximum absolute atomic E-state index is 11.5. The van der Waals surface area contributed by atoms with E-state index in [2.05, 4.69) is 20.7 Å². The van der Waals surface area contributed by atoms with Crippen LogP contribution >= 0.6 is 0 Å². The molecule has 1 aliphatic heterocycles. The number of aryl methyl sites for hydroxylation is 1. The Bertz CT molecular complexity index is 626. The second-order valence-corrected chi connectivity index (χ2v) is 4.89. The van der Waals surface area contributed by atoms with Crippen molar-refractivity contribution in [1.82, 2.24) is 20.7 Å². The van der Waals surface area contributed by atoms with Crippen LogP contribution < -0.4 is 10.9 Å². The van der Waals surface area contributed by atoms with Crippen LogP contribution in [0.3, 0.4) is 0 Å². The maximum Gasteiger partial charge on any atom is 0.264 e. The van der Waals surface area contributed by atoms with Gasteiger partial charge in [-0.3, -0.25) is 4.79 Å². The van der Waals surface area contributed by atoms with Crippen LogP contribution in [0.1, 0.15) is 30.1 Å². The Hall–Kier alpha value is -1.95. The van der Waals surface area contributed by atoms with Crippen molar-refractivity contribution in [2.45, 2.75) is 25.7 Å². The first kappa shape index (κ1) is 12.1. The summed E-state index contributed by atoms with van der Waals surface area (Å²) in [7, 11) is 0. The van der Waals surface area contributed by atoms with E-state index in [1.165, 1.54) is 0 Å². The number of hydrogen-bond donors (Lipinski definition) is 2. The summed E-state index contributed by atoms with van der Waals surface area (Å²) in [6, 6.07) is 3.38. The zero-order valence-electron chi connectivity index (χ0n) is 10.8. The SMILES string of the molecule is Cc1cc(-c2cc(=O)[nH]nc2C2CCNCC2)on1. The Kier molecular flexibility index (Phi) is 3.16. The average Bonchev–Trinajstić information content (AvgIpc) is 2.86. The predicted octanol–water partition coefficient (Wildman–Crippen LogP) is 1.20. The summed E-state index contributed by atoms with van der Waals surface area (Å²) < 4.78 is 5.28. The molecule has 6 heteroatoms. The summed E-state index contributed by atoms with van der Waals surface area (Å²) in [6.07, 6.45) is 2.03. The van der Waals surface area contributed by atoms with Crippen LogP contribution in [0.5, 0.6) is 0 Å². The lowest BCUT2D eigenvalue weighted by Gasteiger charge is -2.22. The third-order valence-electron chi connectivity index (χ3n) is 3.46. The number of nitrogens with zero attached hydrogens (tertiary/aromatic N) is 2. The number of piperidine rings is 1. The molecule has 2 N–H and O–H groups in total. The Morgan fingerprint density at radius 3 is 2.79 bits per heavy atom. The zero-order chi connectivity index (χ0) is 13.2. The van der Waals surface area contributed by atoms with Gasteiger partial charge in [0.1, 0.15) is 0 Å². The standard InChI is InChI=1S/C13H16N4O2/c1-8-6-11(19-17-8)10-7-12(18)15-16-13(10)9-2-4-14-5-3-9/h6-7,9,14H,2-5H2,1H3,(H,15,18). The molecule has 0 aliphatic carbocycles. The first-order chi connectivity index (χ1) is 9.24. The van der Waals surface area contributed by atoms with E-state index in [1.54, 1.807) is 6.07 Å². The van der Waals surface area contributed by atoms with Crippen LogP contribution in [-0.4, -0.2) is 28.4 Å². The minimum atomic E-state index is -0.221. The van der Waals surface area contributed by atoms with E-state index >= 15 is 0 Å². The van der Waals surface area contributed by atoms with Gasteiger partial charge in [0.25, 0.3) is 5.56 Å². The maximum atomic E-state index is 11.5. The van der Waals surface area contributed by atoms with E-state index < -0.39 is 0 Å². The Morgan fingerprint density at radius 1 is 1.32 bits per heavy atom. The third kappa shape index (κ3) is 2.44. The van der Waals surface area contributed by atoms with Crippen LogP contribution in [0.25, 0.3) is 11.3 Å². The largest absolute Gasteiger partial charge is 0.356 e. The smallest absolute Gasteiger partial charge is 0.264 e. The van der Waals surface area contributed by atoms with Crippen LogP contribution in [0, 0.1) is 6.92 Å². The fraction of sp³-hybridized carbons (Fsp3) is 0.462. The van der Waals surface area contributed by atoms with Crippen molar-refractivity contribution >= 4 is 0 Å². The van der Waals surface area contributed by atoms with Gasteiger partial charge in [-0.1, -0.05) is 5.16 Å². The van der Waals surface area contributed by atoms with Gasteiger partial charge in [-0.05, 0) is 32.9 Å². The van der Waals surface area contributed by atoms with Gasteiger partial charge in [-0.25, -0.2) is 5.10 Å². The molecule has 0 radical (unpaired) electrons. The van der Waals surface area contributed by atoms with Crippen molar-refractivity contribution in [3.05, 3.63) is 33.9 Å². The molecule has 0 spiro atoms. The number of H-pyrrole nitrogens is 1. The van der Waals surface area contributed by atoms with E-state index in [9.17, 15) is 4.79 Å². The van der Waals surface area contributed by atoms with Gasteiger partial charge in [0.15, 0.2) is 5.76 Å². The second kappa shape index (κ2) is 4.97. The lowest BCUT2D eigenvalue weighted by Crippen LogP contribution is -2.28. The van der Waals surface area contributed by atoms with Crippen molar-refractivity contribution in [3.8, 4) is 11.3 Å². The lowest BCUT2D eigenvalue weighted by molar-refractivity contribution is 0.422. The molecule has 6 nitrogen and oxygen atoms in total. The molecule has 3 rings (SSSR count). The fourth-order valence-corrected chi connectivity index (χ4v) is 2.51. The van der Waals surface area contributed by atoms with E-state index in [1.807, 2.05) is 13.0 Å². The van der Waals surface area contributed by atoms with Gasteiger partial charge >= 0.3 is 0 Å². The highest BCUT2D eigenvalue weighted by Crippen LogP contribution is 2.31. The van der Waals surface area contributed by atoms with Gasteiger partial charge in [-0.2, -0.15) is 5.10 Å². The third-order valence-corrected chi connectivity index (χ3v) is 3.46. The zero-order valence-corrected chi connectivity index (χ0v) is 10.8. The van der Waals surface area contributed by atoms with Crippen LogP contribution in [-0.2, 0) is 0 Å². The van der Waals surface area contributed by atoms with Gasteiger partial charge in [-0.15, -0.1) is 0 Å².